The highest BCUT2D eigenvalue weighted by molar-refractivity contribution is 5.76. The third-order valence-electron chi connectivity index (χ3n) is 3.77. The number of rotatable bonds is 4. The van der Waals surface area contributed by atoms with Crippen molar-refractivity contribution in [3.05, 3.63) is 0 Å². The Morgan fingerprint density at radius 3 is 2.33 bits per heavy atom. The summed E-state index contributed by atoms with van der Waals surface area (Å²) >= 11 is 0. The van der Waals surface area contributed by atoms with Gasteiger partial charge < -0.3 is 5.32 Å². The maximum atomic E-state index is 12.3. The Bertz CT molecular complexity index is 270. The molecule has 0 radical (unpaired) electrons. The lowest BCUT2D eigenvalue weighted by Crippen LogP contribution is -2.34. The van der Waals surface area contributed by atoms with Gasteiger partial charge in [0.1, 0.15) is 0 Å². The first kappa shape index (κ1) is 15.3. The van der Waals surface area contributed by atoms with Crippen molar-refractivity contribution >= 4 is 5.91 Å². The predicted molar refractivity (Wildman–Crippen MR) is 64.0 cm³/mol. The summed E-state index contributed by atoms with van der Waals surface area (Å²) in [6.07, 6.45) is -0.310. The Hall–Kier alpha value is -0.740. The third kappa shape index (κ3) is 5.27. The summed E-state index contributed by atoms with van der Waals surface area (Å²) in [4.78, 5) is 11.4. The molecule has 106 valence electrons. The molecule has 1 atom stereocenters. The SMILES string of the molecule is CC1CCC(CNC(=O)CC(C)C(F)(F)F)CC1. The molecule has 0 aromatic heterocycles. The molecule has 0 saturated heterocycles. The number of halogens is 3. The summed E-state index contributed by atoms with van der Waals surface area (Å²) in [6.45, 7) is 3.78. The zero-order chi connectivity index (χ0) is 13.8. The van der Waals surface area contributed by atoms with E-state index < -0.39 is 24.4 Å². The van der Waals surface area contributed by atoms with Gasteiger partial charge in [0.05, 0.1) is 5.92 Å². The van der Waals surface area contributed by atoms with Crippen LogP contribution >= 0.6 is 0 Å². The van der Waals surface area contributed by atoms with Crippen molar-refractivity contribution in [3.8, 4) is 0 Å². The highest BCUT2D eigenvalue weighted by Crippen LogP contribution is 2.29. The second-order valence-electron chi connectivity index (χ2n) is 5.58. The highest BCUT2D eigenvalue weighted by Gasteiger charge is 2.37. The molecular weight excluding hydrogens is 243 g/mol. The van der Waals surface area contributed by atoms with Crippen molar-refractivity contribution in [2.75, 3.05) is 6.54 Å². The van der Waals surface area contributed by atoms with Crippen molar-refractivity contribution in [2.45, 2.75) is 52.1 Å². The molecule has 1 amide bonds. The molecule has 5 heteroatoms. The van der Waals surface area contributed by atoms with Gasteiger partial charge in [-0.1, -0.05) is 26.7 Å². The fourth-order valence-corrected chi connectivity index (χ4v) is 2.26. The van der Waals surface area contributed by atoms with Crippen molar-refractivity contribution in [1.29, 1.82) is 0 Å². The van der Waals surface area contributed by atoms with Crippen molar-refractivity contribution in [1.82, 2.24) is 5.32 Å². The van der Waals surface area contributed by atoms with Crippen molar-refractivity contribution in [3.63, 3.8) is 0 Å². The maximum absolute atomic E-state index is 12.3. The monoisotopic (exact) mass is 265 g/mol. The van der Waals surface area contributed by atoms with Crippen LogP contribution in [0, 0.1) is 17.8 Å². The summed E-state index contributed by atoms with van der Waals surface area (Å²) in [5, 5.41) is 2.63. The molecule has 1 rings (SSSR count). The fraction of sp³-hybridized carbons (Fsp3) is 0.923. The first-order valence-electron chi connectivity index (χ1n) is 6.62. The van der Waals surface area contributed by atoms with E-state index in [1.165, 1.54) is 0 Å². The lowest BCUT2D eigenvalue weighted by Gasteiger charge is -2.26. The van der Waals surface area contributed by atoms with Crippen LogP contribution in [0.4, 0.5) is 13.2 Å². The van der Waals surface area contributed by atoms with Gasteiger partial charge in [0.15, 0.2) is 0 Å². The quantitative estimate of drug-likeness (QED) is 0.828. The topological polar surface area (TPSA) is 29.1 Å². The van der Waals surface area contributed by atoms with Crippen LogP contribution in [0.1, 0.15) is 46.0 Å². The van der Waals surface area contributed by atoms with Crippen LogP contribution in [-0.4, -0.2) is 18.6 Å². The van der Waals surface area contributed by atoms with Gasteiger partial charge in [0.2, 0.25) is 5.91 Å². The fourth-order valence-electron chi connectivity index (χ4n) is 2.26. The minimum atomic E-state index is -4.28. The Labute approximate surface area is 106 Å². The molecular formula is C13H22F3NO. The zero-order valence-electron chi connectivity index (χ0n) is 11.0. The molecule has 18 heavy (non-hydrogen) atoms. The van der Waals surface area contributed by atoms with Crippen molar-refractivity contribution < 1.29 is 18.0 Å². The van der Waals surface area contributed by atoms with E-state index >= 15 is 0 Å². The minimum Gasteiger partial charge on any atom is -0.356 e. The maximum Gasteiger partial charge on any atom is 0.392 e. The van der Waals surface area contributed by atoms with Gasteiger partial charge in [-0.25, -0.2) is 0 Å². The van der Waals surface area contributed by atoms with Gasteiger partial charge in [-0.05, 0) is 24.7 Å². The Kier molecular flexibility index (Phi) is 5.47. The van der Waals surface area contributed by atoms with E-state index in [9.17, 15) is 18.0 Å². The van der Waals surface area contributed by atoms with E-state index in [1.807, 2.05) is 0 Å². The molecule has 1 aliphatic rings. The standard InChI is InChI=1S/C13H22F3NO/c1-9-3-5-11(6-4-9)8-17-12(18)7-10(2)13(14,15)16/h9-11H,3-8H2,1-2H3,(H,17,18). The van der Waals surface area contributed by atoms with E-state index in [4.69, 9.17) is 0 Å². The molecule has 1 unspecified atom stereocenters. The number of hydrogen-bond acceptors (Lipinski definition) is 1. The van der Waals surface area contributed by atoms with Gasteiger partial charge in [0.25, 0.3) is 0 Å². The molecule has 2 nitrogen and oxygen atoms in total. The second-order valence-corrected chi connectivity index (χ2v) is 5.58. The molecule has 1 aliphatic carbocycles. The summed E-state index contributed by atoms with van der Waals surface area (Å²) in [5.41, 5.74) is 0. The van der Waals surface area contributed by atoms with Crippen LogP contribution in [-0.2, 0) is 4.79 Å². The first-order chi connectivity index (χ1) is 8.29. The van der Waals surface area contributed by atoms with Crippen LogP contribution < -0.4 is 5.32 Å². The molecule has 1 fully saturated rings. The average Bonchev–Trinajstić information content (AvgIpc) is 2.27. The lowest BCUT2D eigenvalue weighted by molar-refractivity contribution is -0.174. The number of hydrogen-bond donors (Lipinski definition) is 1. The van der Waals surface area contributed by atoms with E-state index in [0.29, 0.717) is 12.5 Å². The van der Waals surface area contributed by atoms with Gasteiger partial charge in [0, 0.05) is 13.0 Å². The molecule has 0 bridgehead atoms. The molecule has 0 spiro atoms. The average molecular weight is 265 g/mol. The van der Waals surface area contributed by atoms with Crippen LogP contribution in [0.3, 0.4) is 0 Å². The van der Waals surface area contributed by atoms with E-state index in [0.717, 1.165) is 38.5 Å². The van der Waals surface area contributed by atoms with Gasteiger partial charge in [-0.2, -0.15) is 13.2 Å². The normalized spacial score (nSPS) is 26.7. The number of amides is 1. The van der Waals surface area contributed by atoms with E-state index in [2.05, 4.69) is 12.2 Å². The van der Waals surface area contributed by atoms with Crippen molar-refractivity contribution in [2.24, 2.45) is 17.8 Å². The Morgan fingerprint density at radius 1 is 1.28 bits per heavy atom. The summed E-state index contributed by atoms with van der Waals surface area (Å²) in [6, 6.07) is 0. The molecule has 0 aromatic rings. The number of carbonyl (C=O) groups excluding carboxylic acids is 1. The van der Waals surface area contributed by atoms with Gasteiger partial charge in [-0.15, -0.1) is 0 Å². The van der Waals surface area contributed by atoms with Crippen LogP contribution in [0.15, 0.2) is 0 Å². The first-order valence-corrected chi connectivity index (χ1v) is 6.62. The summed E-state index contributed by atoms with van der Waals surface area (Å²) in [5.74, 6) is -0.879. The minimum absolute atomic E-state index is 0.436. The Balaban J connectivity index is 2.21. The zero-order valence-corrected chi connectivity index (χ0v) is 11.0. The summed E-state index contributed by atoms with van der Waals surface area (Å²) in [7, 11) is 0. The largest absolute Gasteiger partial charge is 0.392 e. The van der Waals surface area contributed by atoms with Gasteiger partial charge in [-0.3, -0.25) is 4.79 Å². The van der Waals surface area contributed by atoms with Crippen LogP contribution in [0.5, 0.6) is 0 Å². The van der Waals surface area contributed by atoms with Crippen LogP contribution in [0.2, 0.25) is 0 Å². The third-order valence-corrected chi connectivity index (χ3v) is 3.77. The van der Waals surface area contributed by atoms with Gasteiger partial charge >= 0.3 is 6.18 Å². The highest BCUT2D eigenvalue weighted by atomic mass is 19.4. The molecule has 1 N–H and O–H groups in total. The summed E-state index contributed by atoms with van der Waals surface area (Å²) < 4.78 is 36.8. The number of alkyl halides is 3. The molecule has 1 saturated carbocycles. The second kappa shape index (κ2) is 6.43. The van der Waals surface area contributed by atoms with Crippen LogP contribution in [0.25, 0.3) is 0 Å². The Morgan fingerprint density at radius 2 is 1.83 bits per heavy atom. The molecule has 0 aliphatic heterocycles. The number of nitrogens with one attached hydrogen (secondary N) is 1. The smallest absolute Gasteiger partial charge is 0.356 e. The lowest BCUT2D eigenvalue weighted by atomic mass is 9.83. The predicted octanol–water partition coefficient (Wildman–Crippen LogP) is 3.52. The van der Waals surface area contributed by atoms with E-state index in [-0.39, 0.29) is 0 Å². The van der Waals surface area contributed by atoms with E-state index in [1.54, 1.807) is 0 Å². The molecule has 0 aromatic carbocycles. The number of carbonyl (C=O) groups is 1. The molecule has 0 heterocycles.